The zero-order chi connectivity index (χ0) is 9.23. The Morgan fingerprint density at radius 3 is 2.33 bits per heavy atom. The van der Waals surface area contributed by atoms with Gasteiger partial charge in [-0.15, -0.1) is 12.6 Å². The van der Waals surface area contributed by atoms with E-state index in [0.29, 0.717) is 0 Å². The van der Waals surface area contributed by atoms with Crippen molar-refractivity contribution >= 4 is 12.6 Å². The molecular weight excluding hydrogens is 168 g/mol. The van der Waals surface area contributed by atoms with E-state index >= 15 is 0 Å². The van der Waals surface area contributed by atoms with Crippen LogP contribution in [-0.2, 0) is 0 Å². The number of allylic oxidation sites excluding steroid dienone is 1. The monoisotopic (exact) mass is 188 g/mol. The minimum atomic E-state index is 0.156. The standard InChI is InChI=1S/C10H20OS/c1-2-3-4-5-6-7-8-9-10(11)12/h9,11-12H,2-8H2,1H3/b10-9+. The molecule has 0 unspecified atom stereocenters. The zero-order valence-electron chi connectivity index (χ0n) is 7.92. The Bertz CT molecular complexity index is 117. The van der Waals surface area contributed by atoms with Crippen molar-refractivity contribution in [3.05, 3.63) is 11.2 Å². The first-order valence-electron chi connectivity index (χ1n) is 4.85. The Balaban J connectivity index is 2.96. The van der Waals surface area contributed by atoms with Crippen LogP contribution in [0.2, 0.25) is 0 Å². The Labute approximate surface area is 81.3 Å². The number of hydrogen-bond acceptors (Lipinski definition) is 2. The molecule has 0 saturated carbocycles. The predicted molar refractivity (Wildman–Crippen MR) is 57.7 cm³/mol. The highest BCUT2D eigenvalue weighted by molar-refractivity contribution is 7.84. The number of rotatable bonds is 7. The summed E-state index contributed by atoms with van der Waals surface area (Å²) in [6.45, 7) is 2.22. The molecule has 0 aromatic carbocycles. The third-order valence-electron chi connectivity index (χ3n) is 1.88. The van der Waals surface area contributed by atoms with Gasteiger partial charge >= 0.3 is 0 Å². The van der Waals surface area contributed by atoms with Gasteiger partial charge in [-0.2, -0.15) is 0 Å². The fourth-order valence-electron chi connectivity index (χ4n) is 1.16. The molecule has 12 heavy (non-hydrogen) atoms. The smallest absolute Gasteiger partial charge is 0.142 e. The summed E-state index contributed by atoms with van der Waals surface area (Å²) in [7, 11) is 0. The Kier molecular flexibility index (Phi) is 8.90. The van der Waals surface area contributed by atoms with Gasteiger partial charge < -0.3 is 5.11 Å². The molecule has 0 aliphatic carbocycles. The topological polar surface area (TPSA) is 20.2 Å². The fourth-order valence-corrected chi connectivity index (χ4v) is 1.28. The van der Waals surface area contributed by atoms with E-state index < -0.39 is 0 Å². The number of aliphatic hydroxyl groups is 1. The first-order valence-corrected chi connectivity index (χ1v) is 5.30. The lowest BCUT2D eigenvalue weighted by Gasteiger charge is -1.97. The lowest BCUT2D eigenvalue weighted by atomic mass is 10.1. The van der Waals surface area contributed by atoms with Gasteiger partial charge in [0.1, 0.15) is 5.09 Å². The van der Waals surface area contributed by atoms with Crippen molar-refractivity contribution in [1.82, 2.24) is 0 Å². The number of hydrogen-bond donors (Lipinski definition) is 2. The molecule has 1 nitrogen and oxygen atoms in total. The van der Waals surface area contributed by atoms with E-state index in [2.05, 4.69) is 19.6 Å². The van der Waals surface area contributed by atoms with Gasteiger partial charge in [-0.25, -0.2) is 0 Å². The van der Waals surface area contributed by atoms with Crippen LogP contribution in [0.5, 0.6) is 0 Å². The van der Waals surface area contributed by atoms with Crippen LogP contribution in [0, 0.1) is 0 Å². The largest absolute Gasteiger partial charge is 0.503 e. The third-order valence-corrected chi connectivity index (χ3v) is 2.07. The lowest BCUT2D eigenvalue weighted by molar-refractivity contribution is 0.454. The van der Waals surface area contributed by atoms with Gasteiger partial charge in [0.25, 0.3) is 0 Å². The molecule has 0 aliphatic rings. The SMILES string of the molecule is CCCCCCCC/C=C(\O)S. The average Bonchev–Trinajstić information content (AvgIpc) is 2.02. The van der Waals surface area contributed by atoms with Gasteiger partial charge in [0, 0.05) is 0 Å². The summed E-state index contributed by atoms with van der Waals surface area (Å²) in [4.78, 5) is 0. The lowest BCUT2D eigenvalue weighted by Crippen LogP contribution is -1.78. The van der Waals surface area contributed by atoms with Crippen molar-refractivity contribution in [2.75, 3.05) is 0 Å². The molecule has 0 rings (SSSR count). The van der Waals surface area contributed by atoms with Crippen molar-refractivity contribution in [2.45, 2.75) is 51.9 Å². The molecule has 0 aromatic heterocycles. The number of aliphatic hydroxyl groups excluding tert-OH is 1. The van der Waals surface area contributed by atoms with E-state index in [1.807, 2.05) is 0 Å². The zero-order valence-corrected chi connectivity index (χ0v) is 8.82. The second-order valence-corrected chi connectivity index (χ2v) is 3.58. The third kappa shape index (κ3) is 9.89. The maximum Gasteiger partial charge on any atom is 0.142 e. The van der Waals surface area contributed by atoms with Gasteiger partial charge in [-0.1, -0.05) is 39.0 Å². The molecule has 0 spiro atoms. The molecule has 0 heterocycles. The van der Waals surface area contributed by atoms with Gasteiger partial charge in [-0.3, -0.25) is 0 Å². The van der Waals surface area contributed by atoms with E-state index in [9.17, 15) is 0 Å². The first-order chi connectivity index (χ1) is 5.77. The van der Waals surface area contributed by atoms with Crippen molar-refractivity contribution in [1.29, 1.82) is 0 Å². The highest BCUT2D eigenvalue weighted by Gasteiger charge is 1.88. The minimum absolute atomic E-state index is 0.156. The second kappa shape index (κ2) is 8.98. The summed E-state index contributed by atoms with van der Waals surface area (Å²) in [6, 6.07) is 0. The molecule has 2 heteroatoms. The minimum Gasteiger partial charge on any atom is -0.503 e. The van der Waals surface area contributed by atoms with Crippen molar-refractivity contribution < 1.29 is 5.11 Å². The van der Waals surface area contributed by atoms with E-state index in [1.165, 1.54) is 38.5 Å². The Hall–Kier alpha value is -0.110. The van der Waals surface area contributed by atoms with Crippen molar-refractivity contribution in [3.63, 3.8) is 0 Å². The quantitative estimate of drug-likeness (QED) is 0.350. The molecule has 0 fully saturated rings. The maximum absolute atomic E-state index is 8.72. The molecular formula is C10H20OS. The van der Waals surface area contributed by atoms with Gasteiger partial charge in [0.15, 0.2) is 0 Å². The van der Waals surface area contributed by atoms with Gasteiger partial charge in [0.05, 0.1) is 0 Å². The van der Waals surface area contributed by atoms with Crippen LogP contribution >= 0.6 is 12.6 Å². The summed E-state index contributed by atoms with van der Waals surface area (Å²) < 4.78 is 0. The van der Waals surface area contributed by atoms with E-state index in [4.69, 9.17) is 5.11 Å². The Morgan fingerprint density at radius 2 is 1.75 bits per heavy atom. The van der Waals surface area contributed by atoms with Crippen LogP contribution < -0.4 is 0 Å². The highest BCUT2D eigenvalue weighted by Crippen LogP contribution is 2.08. The molecule has 0 saturated heterocycles. The van der Waals surface area contributed by atoms with Crippen LogP contribution in [0.25, 0.3) is 0 Å². The maximum atomic E-state index is 8.72. The first kappa shape index (κ1) is 11.9. The molecule has 0 aromatic rings. The summed E-state index contributed by atoms with van der Waals surface area (Å²) in [5.41, 5.74) is 0. The van der Waals surface area contributed by atoms with Crippen molar-refractivity contribution in [2.24, 2.45) is 0 Å². The van der Waals surface area contributed by atoms with Crippen LogP contribution in [0.15, 0.2) is 11.2 Å². The van der Waals surface area contributed by atoms with Gasteiger partial charge in [-0.05, 0) is 18.9 Å². The number of unbranched alkanes of at least 4 members (excludes halogenated alkanes) is 6. The van der Waals surface area contributed by atoms with Crippen LogP contribution in [0.3, 0.4) is 0 Å². The second-order valence-electron chi connectivity index (χ2n) is 3.12. The summed E-state index contributed by atoms with van der Waals surface area (Å²) in [5, 5.41) is 8.87. The predicted octanol–water partition coefficient (Wildman–Crippen LogP) is 4.07. The van der Waals surface area contributed by atoms with Crippen molar-refractivity contribution in [3.8, 4) is 0 Å². The molecule has 1 N–H and O–H groups in total. The van der Waals surface area contributed by atoms with Crippen LogP contribution in [0.4, 0.5) is 0 Å². The van der Waals surface area contributed by atoms with E-state index in [0.717, 1.165) is 6.42 Å². The van der Waals surface area contributed by atoms with E-state index in [1.54, 1.807) is 6.08 Å². The molecule has 0 atom stereocenters. The molecule has 0 radical (unpaired) electrons. The van der Waals surface area contributed by atoms with Crippen LogP contribution in [-0.4, -0.2) is 5.11 Å². The van der Waals surface area contributed by atoms with E-state index in [-0.39, 0.29) is 5.09 Å². The molecule has 0 amide bonds. The van der Waals surface area contributed by atoms with Gasteiger partial charge in [0.2, 0.25) is 0 Å². The normalized spacial score (nSPS) is 12.0. The fraction of sp³-hybridized carbons (Fsp3) is 0.800. The summed E-state index contributed by atoms with van der Waals surface area (Å²) in [5.74, 6) is 0. The summed E-state index contributed by atoms with van der Waals surface area (Å²) >= 11 is 3.77. The Morgan fingerprint density at radius 1 is 1.17 bits per heavy atom. The van der Waals surface area contributed by atoms with Crippen LogP contribution in [0.1, 0.15) is 51.9 Å². The molecule has 72 valence electrons. The molecule has 0 bridgehead atoms. The molecule has 0 aliphatic heterocycles. The summed E-state index contributed by atoms with van der Waals surface area (Å²) in [6.07, 6.45) is 10.5. The average molecular weight is 188 g/mol. The highest BCUT2D eigenvalue weighted by atomic mass is 32.1. The number of thiol groups is 1.